The quantitative estimate of drug-likeness (QED) is 0.348. The van der Waals surface area contributed by atoms with E-state index in [4.69, 9.17) is 23.5 Å². The smallest absolute Gasteiger partial charge is 0.464 e. The van der Waals surface area contributed by atoms with Gasteiger partial charge in [-0.2, -0.15) is 0 Å². The predicted octanol–water partition coefficient (Wildman–Crippen LogP) is 3.92. The second kappa shape index (κ2) is 9.61. The molecule has 1 aliphatic heterocycles. The minimum Gasteiger partial charge on any atom is -0.468 e. The van der Waals surface area contributed by atoms with E-state index in [1.165, 1.54) is 14.2 Å². The van der Waals surface area contributed by atoms with Gasteiger partial charge in [-0.1, -0.05) is 42.0 Å². The fraction of sp³-hybridized carbons (Fsp3) is 0.600. The molecule has 0 amide bonds. The zero-order chi connectivity index (χ0) is 24.4. The van der Waals surface area contributed by atoms with Crippen LogP contribution in [0.3, 0.4) is 0 Å². The number of hydrogen-bond donors (Lipinski definition) is 0. The molecule has 1 saturated carbocycles. The molecular formula is C25H35BO7. The van der Waals surface area contributed by atoms with Crippen molar-refractivity contribution in [3.05, 3.63) is 41.5 Å². The number of rotatable bonds is 7. The van der Waals surface area contributed by atoms with Crippen LogP contribution in [-0.4, -0.2) is 58.2 Å². The van der Waals surface area contributed by atoms with E-state index in [1.54, 1.807) is 7.11 Å². The maximum absolute atomic E-state index is 12.9. The van der Waals surface area contributed by atoms with Gasteiger partial charge in [0.25, 0.3) is 0 Å². The Balaban J connectivity index is 2.08. The van der Waals surface area contributed by atoms with Gasteiger partial charge in [-0.15, -0.1) is 0 Å². The van der Waals surface area contributed by atoms with Crippen molar-refractivity contribution in [2.75, 3.05) is 27.9 Å². The Labute approximate surface area is 196 Å². The van der Waals surface area contributed by atoms with Gasteiger partial charge in [0, 0.05) is 19.5 Å². The van der Waals surface area contributed by atoms with Crippen molar-refractivity contribution in [2.24, 2.45) is 11.3 Å². The number of esters is 2. The van der Waals surface area contributed by atoms with Gasteiger partial charge in [0.05, 0.1) is 25.4 Å². The van der Waals surface area contributed by atoms with E-state index in [0.717, 1.165) is 11.1 Å². The summed E-state index contributed by atoms with van der Waals surface area (Å²) >= 11 is 0. The van der Waals surface area contributed by atoms with E-state index < -0.39 is 35.7 Å². The maximum atomic E-state index is 12.9. The number of carbonyl (C=O) groups is 2. The second-order valence-electron chi connectivity index (χ2n) is 9.93. The third kappa shape index (κ3) is 4.74. The van der Waals surface area contributed by atoms with Gasteiger partial charge in [-0.25, -0.2) is 0 Å². The lowest BCUT2D eigenvalue weighted by atomic mass is 9.63. The third-order valence-corrected chi connectivity index (χ3v) is 7.35. The van der Waals surface area contributed by atoms with Crippen molar-refractivity contribution in [3.8, 4) is 0 Å². The van der Waals surface area contributed by atoms with E-state index in [0.29, 0.717) is 6.61 Å². The first-order chi connectivity index (χ1) is 15.5. The number of allylic oxidation sites excluding steroid dienone is 1. The molecule has 2 fully saturated rings. The summed E-state index contributed by atoms with van der Waals surface area (Å²) in [6.45, 7) is 8.34. The molecular weight excluding hydrogens is 423 g/mol. The van der Waals surface area contributed by atoms with Crippen LogP contribution in [0, 0.1) is 11.3 Å². The SMILES string of the molecule is COC[C@H](B1OC(C)(C)C(C)(C)O1)[C@H]1CC(C(=O)OC)(C(=O)OC)C/C1=C\c1ccccc1. The summed E-state index contributed by atoms with van der Waals surface area (Å²) in [4.78, 5) is 25.9. The first-order valence-electron chi connectivity index (χ1n) is 11.3. The molecule has 0 aromatic heterocycles. The van der Waals surface area contributed by atoms with Crippen molar-refractivity contribution in [3.63, 3.8) is 0 Å². The Hall–Kier alpha value is -2.16. The standard InChI is InChI=1S/C25H35BO7/c1-23(2)24(3,4)33-26(32-23)20(16-29-5)19-15-25(21(27)30-6,22(28)31-7)14-18(19)13-17-11-9-8-10-12-17/h8-13,19-20H,14-16H2,1-7H3/b18-13+/t19-,20-/m0/s1. The van der Waals surface area contributed by atoms with Gasteiger partial charge in [-0.05, 0) is 52.0 Å². The first-order valence-corrected chi connectivity index (χ1v) is 11.3. The summed E-state index contributed by atoms with van der Waals surface area (Å²) in [7, 11) is 3.65. The number of hydrogen-bond acceptors (Lipinski definition) is 7. The summed E-state index contributed by atoms with van der Waals surface area (Å²) in [5.74, 6) is -1.66. The number of methoxy groups -OCH3 is 3. The highest BCUT2D eigenvalue weighted by molar-refractivity contribution is 6.47. The third-order valence-electron chi connectivity index (χ3n) is 7.35. The molecule has 180 valence electrons. The van der Waals surface area contributed by atoms with Crippen molar-refractivity contribution in [1.29, 1.82) is 0 Å². The number of benzene rings is 1. The topological polar surface area (TPSA) is 80.3 Å². The molecule has 2 atom stereocenters. The predicted molar refractivity (Wildman–Crippen MR) is 125 cm³/mol. The van der Waals surface area contributed by atoms with Crippen molar-refractivity contribution >= 4 is 25.1 Å². The van der Waals surface area contributed by atoms with Crippen LogP contribution in [0.1, 0.15) is 46.1 Å². The molecule has 7 nitrogen and oxygen atoms in total. The summed E-state index contributed by atoms with van der Waals surface area (Å²) in [6.07, 6.45) is 2.46. The van der Waals surface area contributed by atoms with Gasteiger partial charge >= 0.3 is 19.1 Å². The van der Waals surface area contributed by atoms with Gasteiger partial charge in [0.2, 0.25) is 0 Å². The highest BCUT2D eigenvalue weighted by Gasteiger charge is 2.61. The minimum atomic E-state index is -1.43. The molecule has 0 unspecified atom stereocenters. The molecule has 8 heteroatoms. The van der Waals surface area contributed by atoms with E-state index in [9.17, 15) is 9.59 Å². The Morgan fingerprint density at radius 1 is 1.03 bits per heavy atom. The van der Waals surface area contributed by atoms with Gasteiger partial charge in [0.15, 0.2) is 5.41 Å². The Morgan fingerprint density at radius 3 is 2.06 bits per heavy atom. The summed E-state index contributed by atoms with van der Waals surface area (Å²) in [5.41, 5.74) is -0.549. The maximum Gasteiger partial charge on any atom is 0.464 e. The minimum absolute atomic E-state index is 0.200. The lowest BCUT2D eigenvalue weighted by molar-refractivity contribution is -0.168. The molecule has 1 aromatic rings. The molecule has 0 spiro atoms. The highest BCUT2D eigenvalue weighted by atomic mass is 16.7. The van der Waals surface area contributed by atoms with Crippen molar-refractivity contribution in [2.45, 2.75) is 57.6 Å². The first kappa shape index (κ1) is 25.5. The normalized spacial score (nSPS) is 25.1. The van der Waals surface area contributed by atoms with Crippen LogP contribution < -0.4 is 0 Å². The van der Waals surface area contributed by atoms with Crippen LogP contribution in [-0.2, 0) is 33.1 Å². The fourth-order valence-electron chi connectivity index (χ4n) is 4.83. The molecule has 2 aliphatic rings. The summed E-state index contributed by atoms with van der Waals surface area (Å²) in [6, 6.07) is 9.82. The monoisotopic (exact) mass is 458 g/mol. The number of ether oxygens (including phenoxy) is 3. The summed E-state index contributed by atoms with van der Waals surface area (Å²) in [5, 5.41) is 0. The van der Waals surface area contributed by atoms with Crippen LogP contribution in [0.2, 0.25) is 5.82 Å². The Morgan fingerprint density at radius 2 is 1.58 bits per heavy atom. The van der Waals surface area contributed by atoms with Gasteiger partial charge in [-0.3, -0.25) is 9.59 Å². The lowest BCUT2D eigenvalue weighted by Crippen LogP contribution is -2.41. The average Bonchev–Trinajstić information content (AvgIpc) is 3.25. The highest BCUT2D eigenvalue weighted by Crippen LogP contribution is 2.54. The molecule has 1 saturated heterocycles. The van der Waals surface area contributed by atoms with Crippen LogP contribution in [0.4, 0.5) is 0 Å². The second-order valence-corrected chi connectivity index (χ2v) is 9.93. The van der Waals surface area contributed by atoms with E-state index in [2.05, 4.69) is 0 Å². The molecule has 0 N–H and O–H groups in total. The van der Waals surface area contributed by atoms with Crippen molar-refractivity contribution in [1.82, 2.24) is 0 Å². The number of carbonyl (C=O) groups excluding carboxylic acids is 2. The molecule has 0 radical (unpaired) electrons. The largest absolute Gasteiger partial charge is 0.468 e. The fourth-order valence-corrected chi connectivity index (χ4v) is 4.83. The molecule has 0 bridgehead atoms. The van der Waals surface area contributed by atoms with Crippen molar-refractivity contribution < 1.29 is 33.1 Å². The molecule has 33 heavy (non-hydrogen) atoms. The van der Waals surface area contributed by atoms with Crippen LogP contribution >= 0.6 is 0 Å². The van der Waals surface area contributed by atoms with Crippen LogP contribution in [0.25, 0.3) is 6.08 Å². The van der Waals surface area contributed by atoms with E-state index >= 15 is 0 Å². The molecule has 1 aliphatic carbocycles. The van der Waals surface area contributed by atoms with E-state index in [-0.39, 0.29) is 24.6 Å². The average molecular weight is 458 g/mol. The Kier molecular flexibility index (Phi) is 7.41. The summed E-state index contributed by atoms with van der Waals surface area (Å²) < 4.78 is 28.5. The van der Waals surface area contributed by atoms with Crippen LogP contribution in [0.15, 0.2) is 35.9 Å². The van der Waals surface area contributed by atoms with Gasteiger partial charge in [0.1, 0.15) is 0 Å². The molecule has 3 rings (SSSR count). The molecule has 1 aromatic carbocycles. The van der Waals surface area contributed by atoms with Crippen LogP contribution in [0.5, 0.6) is 0 Å². The zero-order valence-electron chi connectivity index (χ0n) is 20.7. The Bertz CT molecular complexity index is 861. The lowest BCUT2D eigenvalue weighted by Gasteiger charge is -2.32. The van der Waals surface area contributed by atoms with Gasteiger partial charge < -0.3 is 23.5 Å². The zero-order valence-corrected chi connectivity index (χ0v) is 20.7. The molecule has 1 heterocycles. The van der Waals surface area contributed by atoms with E-state index in [1.807, 2.05) is 64.1 Å².